The van der Waals surface area contributed by atoms with E-state index in [0.717, 1.165) is 6.07 Å². The number of hydrogen-bond acceptors (Lipinski definition) is 5. The first-order valence-electron chi connectivity index (χ1n) is 7.59. The van der Waals surface area contributed by atoms with Crippen LogP contribution >= 0.6 is 0 Å². The monoisotopic (exact) mass is 336 g/mol. The molecule has 3 aromatic rings. The average Bonchev–Trinajstić information content (AvgIpc) is 2.51. The van der Waals surface area contributed by atoms with E-state index in [4.69, 9.17) is 4.42 Å². The number of aliphatic hydroxyl groups is 1. The average molecular weight is 336 g/mol. The Morgan fingerprint density at radius 2 is 1.72 bits per heavy atom. The first-order valence-corrected chi connectivity index (χ1v) is 7.59. The highest BCUT2D eigenvalue weighted by atomic mass is 16.3. The van der Waals surface area contributed by atoms with Gasteiger partial charge in [-0.2, -0.15) is 0 Å². The molecule has 0 radical (unpaired) electrons. The van der Waals surface area contributed by atoms with E-state index in [9.17, 15) is 20.1 Å². The molecule has 0 aliphatic rings. The Balaban J connectivity index is 2.05. The Kier molecular flexibility index (Phi) is 3.99. The first kappa shape index (κ1) is 16.6. The summed E-state index contributed by atoms with van der Waals surface area (Å²) < 4.78 is 5.65. The predicted octanol–water partition coefficient (Wildman–Crippen LogP) is 2.99. The van der Waals surface area contributed by atoms with Crippen LogP contribution in [0.3, 0.4) is 0 Å². The number of benzene rings is 2. The van der Waals surface area contributed by atoms with Gasteiger partial charge in [0.05, 0.1) is 0 Å². The van der Waals surface area contributed by atoms with Crippen molar-refractivity contribution in [1.82, 2.24) is 0 Å². The molecule has 5 heteroatoms. The highest BCUT2D eigenvalue weighted by molar-refractivity contribution is 5.86. The van der Waals surface area contributed by atoms with Crippen molar-refractivity contribution in [3.05, 3.63) is 58.3 Å². The molecule has 1 heterocycles. The van der Waals surface area contributed by atoms with Gasteiger partial charge in [-0.1, -0.05) is 11.8 Å². The van der Waals surface area contributed by atoms with Gasteiger partial charge in [-0.15, -0.1) is 0 Å². The van der Waals surface area contributed by atoms with Gasteiger partial charge in [0.25, 0.3) is 0 Å². The van der Waals surface area contributed by atoms with E-state index in [-0.39, 0.29) is 22.5 Å². The maximum atomic E-state index is 12.2. The summed E-state index contributed by atoms with van der Waals surface area (Å²) in [6, 6.07) is 10.6. The Morgan fingerprint density at radius 1 is 1.04 bits per heavy atom. The molecule has 0 unspecified atom stereocenters. The van der Waals surface area contributed by atoms with Crippen LogP contribution in [0.25, 0.3) is 22.3 Å². The minimum atomic E-state index is -1.08. The number of phenols is 2. The zero-order chi connectivity index (χ0) is 18.2. The third-order valence-corrected chi connectivity index (χ3v) is 3.48. The van der Waals surface area contributed by atoms with E-state index in [1.54, 1.807) is 38.1 Å². The van der Waals surface area contributed by atoms with Crippen LogP contribution in [0, 0.1) is 11.8 Å². The van der Waals surface area contributed by atoms with E-state index in [1.165, 1.54) is 12.1 Å². The Labute approximate surface area is 143 Å². The maximum absolute atomic E-state index is 12.2. The van der Waals surface area contributed by atoms with Crippen molar-refractivity contribution in [3.63, 3.8) is 0 Å². The van der Waals surface area contributed by atoms with E-state index in [1.807, 2.05) is 0 Å². The molecule has 0 atom stereocenters. The van der Waals surface area contributed by atoms with Crippen molar-refractivity contribution in [2.45, 2.75) is 19.4 Å². The van der Waals surface area contributed by atoms with Crippen LogP contribution in [0.2, 0.25) is 0 Å². The summed E-state index contributed by atoms with van der Waals surface area (Å²) in [4.78, 5) is 12.2. The van der Waals surface area contributed by atoms with Gasteiger partial charge >= 0.3 is 0 Å². The molecule has 0 aliphatic heterocycles. The third kappa shape index (κ3) is 3.65. The Hall–Kier alpha value is -3.23. The molecule has 0 bridgehead atoms. The van der Waals surface area contributed by atoms with Crippen LogP contribution in [0.1, 0.15) is 19.4 Å². The SMILES string of the molecule is CC(C)(O)C#Cc1ccc(-c2cc(=O)c3c(O)cc(O)cc3o2)cc1. The summed E-state index contributed by atoms with van der Waals surface area (Å²) >= 11 is 0. The number of rotatable bonds is 1. The van der Waals surface area contributed by atoms with Crippen molar-refractivity contribution in [1.29, 1.82) is 0 Å². The van der Waals surface area contributed by atoms with Crippen LogP contribution < -0.4 is 5.43 Å². The summed E-state index contributed by atoms with van der Waals surface area (Å²) in [7, 11) is 0. The van der Waals surface area contributed by atoms with E-state index < -0.39 is 11.0 Å². The second kappa shape index (κ2) is 6.00. The molecular formula is C20H16O5. The van der Waals surface area contributed by atoms with Crippen molar-refractivity contribution in [2.75, 3.05) is 0 Å². The number of aromatic hydroxyl groups is 2. The minimum absolute atomic E-state index is 0.0224. The van der Waals surface area contributed by atoms with Crippen molar-refractivity contribution >= 4 is 11.0 Å². The smallest absolute Gasteiger partial charge is 0.197 e. The van der Waals surface area contributed by atoms with Crippen LogP contribution in [0.5, 0.6) is 11.5 Å². The molecule has 2 aromatic carbocycles. The summed E-state index contributed by atoms with van der Waals surface area (Å²) in [5.41, 5.74) is -0.0149. The summed E-state index contributed by atoms with van der Waals surface area (Å²) in [5.74, 6) is 5.37. The fraction of sp³-hybridized carbons (Fsp3) is 0.150. The zero-order valence-electron chi connectivity index (χ0n) is 13.7. The summed E-state index contributed by atoms with van der Waals surface area (Å²) in [6.45, 7) is 3.20. The van der Waals surface area contributed by atoms with Gasteiger partial charge in [0.2, 0.25) is 0 Å². The first-order chi connectivity index (χ1) is 11.7. The van der Waals surface area contributed by atoms with Crippen LogP contribution in [-0.4, -0.2) is 20.9 Å². The molecule has 0 amide bonds. The molecule has 0 saturated heterocycles. The zero-order valence-corrected chi connectivity index (χ0v) is 13.7. The second-order valence-corrected chi connectivity index (χ2v) is 6.20. The second-order valence-electron chi connectivity index (χ2n) is 6.20. The summed E-state index contributed by atoms with van der Waals surface area (Å²) in [6.07, 6.45) is 0. The fourth-order valence-corrected chi connectivity index (χ4v) is 2.34. The van der Waals surface area contributed by atoms with Gasteiger partial charge in [0, 0.05) is 29.3 Å². The van der Waals surface area contributed by atoms with E-state index >= 15 is 0 Å². The van der Waals surface area contributed by atoms with Crippen LogP contribution in [0.15, 0.2) is 51.7 Å². The largest absolute Gasteiger partial charge is 0.508 e. The van der Waals surface area contributed by atoms with Crippen molar-refractivity contribution in [2.24, 2.45) is 0 Å². The topological polar surface area (TPSA) is 90.9 Å². The lowest BCUT2D eigenvalue weighted by atomic mass is 10.1. The Morgan fingerprint density at radius 3 is 2.36 bits per heavy atom. The lowest BCUT2D eigenvalue weighted by Gasteiger charge is -2.06. The predicted molar refractivity (Wildman–Crippen MR) is 94.4 cm³/mol. The van der Waals surface area contributed by atoms with Gasteiger partial charge in [0.1, 0.15) is 33.8 Å². The Bertz CT molecular complexity index is 1060. The molecule has 0 spiro atoms. The van der Waals surface area contributed by atoms with E-state index in [2.05, 4.69) is 11.8 Å². The van der Waals surface area contributed by atoms with Crippen molar-refractivity contribution < 1.29 is 19.7 Å². The lowest BCUT2D eigenvalue weighted by molar-refractivity contribution is 0.143. The molecule has 3 N–H and O–H groups in total. The summed E-state index contributed by atoms with van der Waals surface area (Å²) in [5, 5.41) is 29.0. The number of hydrogen-bond donors (Lipinski definition) is 3. The van der Waals surface area contributed by atoms with Gasteiger partial charge in [0.15, 0.2) is 5.43 Å². The quantitative estimate of drug-likeness (QED) is 0.594. The highest BCUT2D eigenvalue weighted by Gasteiger charge is 2.12. The standard InChI is InChI=1S/C20H16O5/c1-20(2,24)8-7-12-3-5-13(6-4-12)17-11-16(23)19-15(22)9-14(21)10-18(19)25-17/h3-6,9-11,21-22,24H,1-2H3. The van der Waals surface area contributed by atoms with Gasteiger partial charge in [-0.25, -0.2) is 0 Å². The molecule has 5 nitrogen and oxygen atoms in total. The van der Waals surface area contributed by atoms with Gasteiger partial charge in [-0.3, -0.25) is 4.79 Å². The number of phenolic OH excluding ortho intramolecular Hbond substituents is 2. The highest BCUT2D eigenvalue weighted by Crippen LogP contribution is 2.30. The van der Waals surface area contributed by atoms with Crippen LogP contribution in [-0.2, 0) is 0 Å². The lowest BCUT2D eigenvalue weighted by Crippen LogP contribution is -2.14. The van der Waals surface area contributed by atoms with Gasteiger partial charge in [-0.05, 0) is 38.1 Å². The minimum Gasteiger partial charge on any atom is -0.508 e. The molecule has 126 valence electrons. The third-order valence-electron chi connectivity index (χ3n) is 3.48. The number of fused-ring (bicyclic) bond motifs is 1. The molecular weight excluding hydrogens is 320 g/mol. The molecule has 3 rings (SSSR count). The molecule has 1 aromatic heterocycles. The molecule has 25 heavy (non-hydrogen) atoms. The fourth-order valence-electron chi connectivity index (χ4n) is 2.34. The molecule has 0 saturated carbocycles. The van der Waals surface area contributed by atoms with Crippen LogP contribution in [0.4, 0.5) is 0 Å². The molecule has 0 aliphatic carbocycles. The normalized spacial score (nSPS) is 11.2. The van der Waals surface area contributed by atoms with Crippen molar-refractivity contribution in [3.8, 4) is 34.7 Å². The molecule has 0 fully saturated rings. The maximum Gasteiger partial charge on any atom is 0.197 e. The van der Waals surface area contributed by atoms with E-state index in [0.29, 0.717) is 16.9 Å². The van der Waals surface area contributed by atoms with Gasteiger partial charge < -0.3 is 19.7 Å².